The molecule has 21 heavy (non-hydrogen) atoms. The Balaban J connectivity index is 2.33. The molecule has 1 aromatic carbocycles. The number of anilines is 1. The van der Waals surface area contributed by atoms with Crippen molar-refractivity contribution in [2.75, 3.05) is 19.1 Å². The van der Waals surface area contributed by atoms with Gasteiger partial charge >= 0.3 is 0 Å². The van der Waals surface area contributed by atoms with E-state index in [-0.39, 0.29) is 5.91 Å². The zero-order chi connectivity index (χ0) is 15.4. The lowest BCUT2D eigenvalue weighted by atomic mass is 10.0. The van der Waals surface area contributed by atoms with Crippen LogP contribution in [-0.4, -0.2) is 25.0 Å². The van der Waals surface area contributed by atoms with Gasteiger partial charge in [0.05, 0.1) is 7.11 Å². The predicted octanol–water partition coefficient (Wildman–Crippen LogP) is 3.49. The summed E-state index contributed by atoms with van der Waals surface area (Å²) in [6.07, 6.45) is 1.61. The number of nitrogens with zero attached hydrogens (tertiary/aromatic N) is 2. The molecule has 4 heteroatoms. The smallest absolute Gasteiger partial charge is 0.263 e. The number of hydrogen-bond acceptors (Lipinski definition) is 3. The second kappa shape index (κ2) is 6.39. The summed E-state index contributed by atoms with van der Waals surface area (Å²) < 4.78 is 5.16. The molecular weight excluding hydrogens is 264 g/mol. The Morgan fingerprint density at radius 2 is 2.00 bits per heavy atom. The van der Waals surface area contributed by atoms with E-state index in [4.69, 9.17) is 4.74 Å². The molecule has 1 aromatic heterocycles. The first-order chi connectivity index (χ1) is 10.0. The van der Waals surface area contributed by atoms with Gasteiger partial charge in [-0.2, -0.15) is 0 Å². The minimum absolute atomic E-state index is 0.138. The lowest BCUT2D eigenvalue weighted by molar-refractivity contribution is 0.0989. The largest absolute Gasteiger partial charge is 0.480 e. The summed E-state index contributed by atoms with van der Waals surface area (Å²) in [5.74, 6) is 0.622. The molecule has 0 saturated carbocycles. The van der Waals surface area contributed by atoms with Crippen molar-refractivity contribution in [1.82, 2.24) is 4.98 Å². The van der Waals surface area contributed by atoms with Gasteiger partial charge in [-0.05, 0) is 35.7 Å². The topological polar surface area (TPSA) is 42.4 Å². The number of carbonyl (C=O) groups is 1. The molecule has 2 rings (SSSR count). The molecule has 0 saturated heterocycles. The van der Waals surface area contributed by atoms with Crippen LogP contribution in [0.1, 0.15) is 35.7 Å². The van der Waals surface area contributed by atoms with Gasteiger partial charge in [-0.1, -0.05) is 26.0 Å². The molecule has 0 spiro atoms. The molecule has 0 aliphatic rings. The van der Waals surface area contributed by atoms with E-state index in [0.717, 1.165) is 5.69 Å². The van der Waals surface area contributed by atoms with Crippen molar-refractivity contribution in [2.24, 2.45) is 0 Å². The maximum atomic E-state index is 12.6. The van der Waals surface area contributed by atoms with Crippen LogP contribution in [0.25, 0.3) is 0 Å². The highest BCUT2D eigenvalue weighted by Crippen LogP contribution is 2.23. The Morgan fingerprint density at radius 3 is 2.67 bits per heavy atom. The van der Waals surface area contributed by atoms with Gasteiger partial charge in [-0.3, -0.25) is 4.79 Å². The Labute approximate surface area is 125 Å². The molecule has 0 N–H and O–H groups in total. The molecule has 0 radical (unpaired) electrons. The average molecular weight is 284 g/mol. The predicted molar refractivity (Wildman–Crippen MR) is 84.1 cm³/mol. The van der Waals surface area contributed by atoms with Crippen molar-refractivity contribution in [3.63, 3.8) is 0 Å². The van der Waals surface area contributed by atoms with Crippen molar-refractivity contribution in [3.8, 4) is 5.88 Å². The first-order valence-electron chi connectivity index (χ1n) is 6.91. The van der Waals surface area contributed by atoms with Crippen LogP contribution in [-0.2, 0) is 0 Å². The molecule has 0 fully saturated rings. The third kappa shape index (κ3) is 3.21. The van der Waals surface area contributed by atoms with Crippen LogP contribution in [0.4, 0.5) is 5.69 Å². The first-order valence-corrected chi connectivity index (χ1v) is 6.91. The minimum Gasteiger partial charge on any atom is -0.480 e. The molecule has 1 heterocycles. The fourth-order valence-electron chi connectivity index (χ4n) is 2.11. The molecule has 0 unspecified atom stereocenters. The van der Waals surface area contributed by atoms with Gasteiger partial charge < -0.3 is 9.64 Å². The second-order valence-corrected chi connectivity index (χ2v) is 5.17. The van der Waals surface area contributed by atoms with Crippen molar-refractivity contribution in [3.05, 3.63) is 53.7 Å². The van der Waals surface area contributed by atoms with Gasteiger partial charge in [-0.15, -0.1) is 0 Å². The molecule has 110 valence electrons. The summed E-state index contributed by atoms with van der Waals surface area (Å²) >= 11 is 0. The first kappa shape index (κ1) is 15.0. The van der Waals surface area contributed by atoms with E-state index >= 15 is 0 Å². The van der Waals surface area contributed by atoms with E-state index in [1.54, 1.807) is 30.3 Å². The monoisotopic (exact) mass is 284 g/mol. The maximum absolute atomic E-state index is 12.6. The zero-order valence-corrected chi connectivity index (χ0v) is 12.8. The molecule has 0 aliphatic carbocycles. The van der Waals surface area contributed by atoms with Gasteiger partial charge in [0.15, 0.2) is 0 Å². The van der Waals surface area contributed by atoms with Gasteiger partial charge in [0.2, 0.25) is 5.88 Å². The summed E-state index contributed by atoms with van der Waals surface area (Å²) in [5.41, 5.74) is 2.51. The van der Waals surface area contributed by atoms with Crippen molar-refractivity contribution >= 4 is 11.6 Å². The number of carbonyl (C=O) groups excluding carboxylic acids is 1. The van der Waals surface area contributed by atoms with Crippen molar-refractivity contribution in [1.29, 1.82) is 0 Å². The van der Waals surface area contributed by atoms with E-state index in [1.165, 1.54) is 12.7 Å². The van der Waals surface area contributed by atoms with E-state index in [9.17, 15) is 4.79 Å². The van der Waals surface area contributed by atoms with E-state index < -0.39 is 0 Å². The van der Waals surface area contributed by atoms with Crippen LogP contribution in [0.15, 0.2) is 42.6 Å². The highest BCUT2D eigenvalue weighted by atomic mass is 16.5. The van der Waals surface area contributed by atoms with Gasteiger partial charge in [-0.25, -0.2) is 4.98 Å². The highest BCUT2D eigenvalue weighted by Gasteiger charge is 2.18. The lowest BCUT2D eigenvalue weighted by Gasteiger charge is -2.19. The number of rotatable bonds is 4. The van der Waals surface area contributed by atoms with Crippen LogP contribution >= 0.6 is 0 Å². The lowest BCUT2D eigenvalue weighted by Crippen LogP contribution is -2.27. The zero-order valence-electron chi connectivity index (χ0n) is 12.8. The third-order valence-electron chi connectivity index (χ3n) is 3.42. The number of methoxy groups -OCH3 is 1. The summed E-state index contributed by atoms with van der Waals surface area (Å²) in [4.78, 5) is 18.3. The highest BCUT2D eigenvalue weighted by molar-refractivity contribution is 6.07. The Bertz CT molecular complexity index is 638. The molecular formula is C17H20N2O2. The fraction of sp³-hybridized carbons (Fsp3) is 0.294. The molecule has 4 nitrogen and oxygen atoms in total. The van der Waals surface area contributed by atoms with E-state index in [0.29, 0.717) is 17.4 Å². The molecule has 1 amide bonds. The molecule has 2 aromatic rings. The fourth-order valence-corrected chi connectivity index (χ4v) is 2.11. The van der Waals surface area contributed by atoms with Crippen LogP contribution in [0, 0.1) is 0 Å². The second-order valence-electron chi connectivity index (χ2n) is 5.17. The summed E-state index contributed by atoms with van der Waals surface area (Å²) in [7, 11) is 3.27. The summed E-state index contributed by atoms with van der Waals surface area (Å²) in [6, 6.07) is 11.4. The standard InChI is InChI=1S/C17H20N2O2/c1-12(2)13-7-5-8-14(11-13)19(3)17(20)15-9-6-10-18-16(15)21-4/h5-12H,1-4H3. The Kier molecular flexibility index (Phi) is 4.58. The van der Waals surface area contributed by atoms with Gasteiger partial charge in [0, 0.05) is 18.9 Å². The van der Waals surface area contributed by atoms with Crippen molar-refractivity contribution < 1.29 is 9.53 Å². The number of amides is 1. The van der Waals surface area contributed by atoms with Crippen molar-refractivity contribution in [2.45, 2.75) is 19.8 Å². The summed E-state index contributed by atoms with van der Waals surface area (Å²) in [6.45, 7) is 4.26. The maximum Gasteiger partial charge on any atom is 0.263 e. The molecule has 0 aliphatic heterocycles. The van der Waals surface area contributed by atoms with Gasteiger partial charge in [0.1, 0.15) is 5.56 Å². The number of benzene rings is 1. The number of hydrogen-bond donors (Lipinski definition) is 0. The summed E-state index contributed by atoms with van der Waals surface area (Å²) in [5, 5.41) is 0. The quantitative estimate of drug-likeness (QED) is 0.863. The van der Waals surface area contributed by atoms with Crippen LogP contribution in [0.2, 0.25) is 0 Å². The van der Waals surface area contributed by atoms with Crippen LogP contribution < -0.4 is 9.64 Å². The number of aromatic nitrogens is 1. The van der Waals surface area contributed by atoms with E-state index in [1.807, 2.05) is 18.2 Å². The molecule has 0 bridgehead atoms. The third-order valence-corrected chi connectivity index (χ3v) is 3.42. The Morgan fingerprint density at radius 1 is 1.24 bits per heavy atom. The molecule has 0 atom stereocenters. The average Bonchev–Trinajstić information content (AvgIpc) is 2.53. The van der Waals surface area contributed by atoms with Crippen LogP contribution in [0.5, 0.6) is 5.88 Å². The Hall–Kier alpha value is -2.36. The number of ether oxygens (including phenoxy) is 1. The van der Waals surface area contributed by atoms with Crippen LogP contribution in [0.3, 0.4) is 0 Å². The number of pyridine rings is 1. The minimum atomic E-state index is -0.138. The van der Waals surface area contributed by atoms with E-state index in [2.05, 4.69) is 24.9 Å². The SMILES string of the molecule is COc1ncccc1C(=O)N(C)c1cccc(C(C)C)c1. The van der Waals surface area contributed by atoms with Gasteiger partial charge in [0.25, 0.3) is 5.91 Å². The normalized spacial score (nSPS) is 10.5.